The van der Waals surface area contributed by atoms with Crippen LogP contribution in [0.2, 0.25) is 0 Å². The second-order valence-electron chi connectivity index (χ2n) is 4.41. The normalized spacial score (nSPS) is 17.2. The number of hydrogen-bond acceptors (Lipinski definition) is 3. The van der Waals surface area contributed by atoms with E-state index in [-0.39, 0.29) is 0 Å². The van der Waals surface area contributed by atoms with Gasteiger partial charge in [-0.15, -0.1) is 5.10 Å². The molecule has 17 heavy (non-hydrogen) atoms. The minimum Gasteiger partial charge on any atom is -0.317 e. The molecule has 0 amide bonds. The molecule has 3 rings (SSSR count). The van der Waals surface area contributed by atoms with Crippen LogP contribution in [0.5, 0.6) is 0 Å². The molecule has 1 aliphatic heterocycles. The molecule has 0 spiro atoms. The zero-order valence-corrected chi connectivity index (χ0v) is 9.71. The number of hydrogen-bond donors (Lipinski definition) is 1. The molecule has 1 N–H and O–H groups in total. The number of piperidine rings is 1. The van der Waals surface area contributed by atoms with Crippen molar-refractivity contribution in [1.29, 1.82) is 0 Å². The average Bonchev–Trinajstić information content (AvgIpc) is 2.90. The zero-order chi connectivity index (χ0) is 11.5. The molecule has 0 unspecified atom stereocenters. The zero-order valence-electron chi connectivity index (χ0n) is 9.71. The highest BCUT2D eigenvalue weighted by molar-refractivity contribution is 5.58. The molecule has 1 aromatic heterocycles. The Kier molecular flexibility index (Phi) is 2.88. The van der Waals surface area contributed by atoms with Gasteiger partial charge in [0.25, 0.3) is 0 Å². The molecule has 0 aliphatic carbocycles. The van der Waals surface area contributed by atoms with E-state index in [9.17, 15) is 0 Å². The number of aromatic nitrogens is 3. The summed E-state index contributed by atoms with van der Waals surface area (Å²) >= 11 is 0. The maximum Gasteiger partial charge on any atom is 0.0888 e. The highest BCUT2D eigenvalue weighted by Gasteiger charge is 2.19. The van der Waals surface area contributed by atoms with Gasteiger partial charge in [0.1, 0.15) is 0 Å². The summed E-state index contributed by atoms with van der Waals surface area (Å²) < 4.78 is 2.08. The van der Waals surface area contributed by atoms with Crippen molar-refractivity contribution in [2.75, 3.05) is 13.1 Å². The lowest BCUT2D eigenvalue weighted by Gasteiger charge is -2.24. The van der Waals surface area contributed by atoms with E-state index in [2.05, 4.69) is 44.6 Å². The van der Waals surface area contributed by atoms with Gasteiger partial charge in [0.05, 0.1) is 17.9 Å². The summed E-state index contributed by atoms with van der Waals surface area (Å²) in [5.74, 6) is 0. The topological polar surface area (TPSA) is 42.7 Å². The van der Waals surface area contributed by atoms with Crippen molar-refractivity contribution in [3.8, 4) is 11.3 Å². The van der Waals surface area contributed by atoms with Crippen molar-refractivity contribution in [1.82, 2.24) is 20.3 Å². The van der Waals surface area contributed by atoms with E-state index in [1.807, 2.05) is 12.3 Å². The molecule has 4 nitrogen and oxygen atoms in total. The Bertz CT molecular complexity index is 471. The Morgan fingerprint density at radius 2 is 1.88 bits per heavy atom. The molecule has 1 fully saturated rings. The Balaban J connectivity index is 1.93. The molecule has 2 aromatic rings. The minimum absolute atomic E-state index is 0.481. The predicted octanol–water partition coefficient (Wildman–Crippen LogP) is 1.87. The smallest absolute Gasteiger partial charge is 0.0888 e. The molecule has 1 aliphatic rings. The summed E-state index contributed by atoms with van der Waals surface area (Å²) in [6, 6.07) is 10.8. The number of rotatable bonds is 2. The van der Waals surface area contributed by atoms with E-state index in [0.29, 0.717) is 6.04 Å². The first-order chi connectivity index (χ1) is 8.45. The van der Waals surface area contributed by atoms with E-state index in [4.69, 9.17) is 0 Å². The minimum atomic E-state index is 0.481. The molecule has 0 bridgehead atoms. The molecule has 88 valence electrons. The van der Waals surface area contributed by atoms with Crippen LogP contribution < -0.4 is 5.32 Å². The van der Waals surface area contributed by atoms with Gasteiger partial charge >= 0.3 is 0 Å². The van der Waals surface area contributed by atoms with Crippen LogP contribution in [0.4, 0.5) is 0 Å². The van der Waals surface area contributed by atoms with E-state index in [1.54, 1.807) is 0 Å². The Morgan fingerprint density at radius 3 is 2.65 bits per heavy atom. The van der Waals surface area contributed by atoms with Crippen LogP contribution in [0.3, 0.4) is 0 Å². The third-order valence-corrected chi connectivity index (χ3v) is 3.30. The van der Waals surface area contributed by atoms with Crippen molar-refractivity contribution in [2.45, 2.75) is 18.9 Å². The number of nitrogens with zero attached hydrogens (tertiary/aromatic N) is 3. The van der Waals surface area contributed by atoms with Crippen LogP contribution in [0, 0.1) is 0 Å². The van der Waals surface area contributed by atoms with Crippen molar-refractivity contribution < 1.29 is 0 Å². The summed E-state index contributed by atoms with van der Waals surface area (Å²) in [4.78, 5) is 0. The average molecular weight is 228 g/mol. The van der Waals surface area contributed by atoms with Gasteiger partial charge in [-0.25, -0.2) is 4.68 Å². The SMILES string of the molecule is c1ccc(-c2cnnn2C2CCNCC2)cc1. The van der Waals surface area contributed by atoms with Crippen LogP contribution in [0.15, 0.2) is 36.5 Å². The maximum absolute atomic E-state index is 4.26. The summed E-state index contributed by atoms with van der Waals surface area (Å²) in [6.45, 7) is 2.14. The molecule has 4 heteroatoms. The fourth-order valence-electron chi connectivity index (χ4n) is 2.38. The second kappa shape index (κ2) is 4.67. The van der Waals surface area contributed by atoms with Crippen molar-refractivity contribution in [3.63, 3.8) is 0 Å². The first-order valence-corrected chi connectivity index (χ1v) is 6.11. The standard InChI is InChI=1S/C13H16N4/c1-2-4-11(5-3-1)13-10-15-16-17(13)12-6-8-14-9-7-12/h1-5,10,12,14H,6-9H2. The van der Waals surface area contributed by atoms with Crippen molar-refractivity contribution >= 4 is 0 Å². The lowest BCUT2D eigenvalue weighted by molar-refractivity contribution is 0.340. The summed E-state index contributed by atoms with van der Waals surface area (Å²) in [5.41, 5.74) is 2.31. The van der Waals surface area contributed by atoms with E-state index < -0.39 is 0 Å². The van der Waals surface area contributed by atoms with E-state index >= 15 is 0 Å². The predicted molar refractivity (Wildman–Crippen MR) is 66.6 cm³/mol. The van der Waals surface area contributed by atoms with Crippen LogP contribution in [-0.2, 0) is 0 Å². The van der Waals surface area contributed by atoms with Crippen LogP contribution >= 0.6 is 0 Å². The van der Waals surface area contributed by atoms with Gasteiger partial charge in [0.2, 0.25) is 0 Å². The summed E-state index contributed by atoms with van der Waals surface area (Å²) in [7, 11) is 0. The lowest BCUT2D eigenvalue weighted by atomic mass is 10.1. The molecule has 0 atom stereocenters. The summed E-state index contributed by atoms with van der Waals surface area (Å²) in [5, 5.41) is 11.7. The fraction of sp³-hybridized carbons (Fsp3) is 0.385. The monoisotopic (exact) mass is 228 g/mol. The molecule has 2 heterocycles. The van der Waals surface area contributed by atoms with Crippen LogP contribution in [0.25, 0.3) is 11.3 Å². The van der Waals surface area contributed by atoms with E-state index in [1.165, 1.54) is 5.56 Å². The van der Waals surface area contributed by atoms with Gasteiger partial charge in [-0.3, -0.25) is 0 Å². The van der Waals surface area contributed by atoms with Crippen molar-refractivity contribution in [3.05, 3.63) is 36.5 Å². The molecule has 0 radical (unpaired) electrons. The third kappa shape index (κ3) is 2.08. The molecule has 1 aromatic carbocycles. The second-order valence-corrected chi connectivity index (χ2v) is 4.41. The summed E-state index contributed by atoms with van der Waals surface area (Å²) in [6.07, 6.45) is 4.11. The Labute approximate surface area is 101 Å². The lowest BCUT2D eigenvalue weighted by Crippen LogP contribution is -2.30. The van der Waals surface area contributed by atoms with Crippen molar-refractivity contribution in [2.24, 2.45) is 0 Å². The van der Waals surface area contributed by atoms with Gasteiger partial charge in [0.15, 0.2) is 0 Å². The molecular formula is C13H16N4. The molecular weight excluding hydrogens is 212 g/mol. The quantitative estimate of drug-likeness (QED) is 0.853. The van der Waals surface area contributed by atoms with E-state index in [0.717, 1.165) is 31.6 Å². The largest absolute Gasteiger partial charge is 0.317 e. The first-order valence-electron chi connectivity index (χ1n) is 6.11. The molecule has 0 saturated carbocycles. The number of nitrogens with one attached hydrogen (secondary N) is 1. The Morgan fingerprint density at radius 1 is 1.12 bits per heavy atom. The highest BCUT2D eigenvalue weighted by Crippen LogP contribution is 2.25. The van der Waals surface area contributed by atoms with Gasteiger partial charge in [-0.05, 0) is 25.9 Å². The van der Waals surface area contributed by atoms with Crippen LogP contribution in [0.1, 0.15) is 18.9 Å². The van der Waals surface area contributed by atoms with Gasteiger partial charge in [-0.2, -0.15) is 0 Å². The molecule has 1 saturated heterocycles. The van der Waals surface area contributed by atoms with Crippen LogP contribution in [-0.4, -0.2) is 28.1 Å². The fourth-order valence-corrected chi connectivity index (χ4v) is 2.38. The number of benzene rings is 1. The highest BCUT2D eigenvalue weighted by atomic mass is 15.4. The third-order valence-electron chi connectivity index (χ3n) is 3.30. The van der Waals surface area contributed by atoms with Gasteiger partial charge in [-0.1, -0.05) is 35.5 Å². The van der Waals surface area contributed by atoms with Gasteiger partial charge < -0.3 is 5.32 Å². The first kappa shape index (κ1) is 10.5. The Hall–Kier alpha value is -1.68. The van der Waals surface area contributed by atoms with Gasteiger partial charge in [0, 0.05) is 5.56 Å². The maximum atomic E-state index is 4.26.